The van der Waals surface area contributed by atoms with Crippen LogP contribution in [0.25, 0.3) is 0 Å². The molecule has 0 aliphatic rings. The third-order valence-corrected chi connectivity index (χ3v) is 4.06. The smallest absolute Gasteiger partial charge is 0.340 e. The van der Waals surface area contributed by atoms with Crippen LogP contribution in [0.2, 0.25) is 0 Å². The molecule has 2 aromatic rings. The highest BCUT2D eigenvalue weighted by atomic mass is 16.5. The number of likely N-dealkylation sites (N-methyl/N-ethyl adjacent to an activating group) is 1. The molecule has 1 amide bonds. The van der Waals surface area contributed by atoms with Gasteiger partial charge in [0, 0.05) is 30.2 Å². The number of carbonyl (C=O) groups is 2. The second-order valence-corrected chi connectivity index (χ2v) is 6.11. The Labute approximate surface area is 142 Å². The van der Waals surface area contributed by atoms with Crippen LogP contribution in [-0.2, 0) is 9.53 Å². The number of aryl methyl sites for hydroxylation is 1. The Morgan fingerprint density at radius 1 is 1.17 bits per heavy atom. The number of aromatic nitrogens is 1. The lowest BCUT2D eigenvalue weighted by Gasteiger charge is -2.17. The predicted octanol–water partition coefficient (Wildman–Crippen LogP) is 3.51. The van der Waals surface area contributed by atoms with E-state index in [9.17, 15) is 9.59 Å². The molecule has 128 valence electrons. The van der Waals surface area contributed by atoms with E-state index in [0.717, 1.165) is 17.1 Å². The van der Waals surface area contributed by atoms with E-state index in [0.29, 0.717) is 5.56 Å². The lowest BCUT2D eigenvalue weighted by atomic mass is 10.2. The van der Waals surface area contributed by atoms with Gasteiger partial charge in [-0.2, -0.15) is 0 Å². The number of rotatable bonds is 5. The normalized spacial score (nSPS) is 10.8. The Balaban J connectivity index is 2.03. The number of ether oxygens (including phenoxy) is 1. The van der Waals surface area contributed by atoms with Gasteiger partial charge in [-0.05, 0) is 45.9 Å². The van der Waals surface area contributed by atoms with Crippen LogP contribution in [0.4, 0.5) is 5.69 Å². The van der Waals surface area contributed by atoms with E-state index in [1.807, 2.05) is 50.2 Å². The predicted molar refractivity (Wildman–Crippen MR) is 94.4 cm³/mol. The topological polar surface area (TPSA) is 51.5 Å². The minimum atomic E-state index is -0.468. The van der Waals surface area contributed by atoms with Crippen molar-refractivity contribution < 1.29 is 14.3 Å². The maximum atomic E-state index is 12.3. The fourth-order valence-corrected chi connectivity index (χ4v) is 2.88. The van der Waals surface area contributed by atoms with Crippen LogP contribution in [0.3, 0.4) is 0 Å². The van der Waals surface area contributed by atoms with Crippen LogP contribution >= 0.6 is 0 Å². The molecule has 5 heteroatoms. The Morgan fingerprint density at radius 2 is 1.79 bits per heavy atom. The Bertz CT molecular complexity index is 733. The van der Waals surface area contributed by atoms with Crippen molar-refractivity contribution in [2.45, 2.75) is 33.7 Å². The summed E-state index contributed by atoms with van der Waals surface area (Å²) in [5, 5.41) is 0. The number of carbonyl (C=O) groups excluding carboxylic acids is 2. The van der Waals surface area contributed by atoms with Crippen molar-refractivity contribution >= 4 is 17.6 Å². The highest BCUT2D eigenvalue weighted by molar-refractivity contribution is 5.97. The Kier molecular flexibility index (Phi) is 5.44. The molecule has 2 rings (SSSR count). The van der Waals surface area contributed by atoms with Crippen molar-refractivity contribution in [1.29, 1.82) is 0 Å². The summed E-state index contributed by atoms with van der Waals surface area (Å²) < 4.78 is 7.30. The minimum absolute atomic E-state index is 0.261. The van der Waals surface area contributed by atoms with Crippen molar-refractivity contribution in [3.8, 4) is 0 Å². The second kappa shape index (κ2) is 7.34. The van der Waals surface area contributed by atoms with Crippen LogP contribution in [0.5, 0.6) is 0 Å². The van der Waals surface area contributed by atoms with E-state index in [2.05, 4.69) is 18.4 Å². The summed E-state index contributed by atoms with van der Waals surface area (Å²) >= 11 is 0. The summed E-state index contributed by atoms with van der Waals surface area (Å²) in [5.41, 5.74) is 3.13. The number of para-hydroxylation sites is 1. The lowest BCUT2D eigenvalue weighted by Crippen LogP contribution is -2.31. The van der Waals surface area contributed by atoms with Crippen LogP contribution in [0.15, 0.2) is 36.4 Å². The second-order valence-electron chi connectivity index (χ2n) is 6.11. The number of hydrogen-bond donors (Lipinski definition) is 0. The van der Waals surface area contributed by atoms with Gasteiger partial charge >= 0.3 is 5.97 Å². The monoisotopic (exact) mass is 328 g/mol. The van der Waals surface area contributed by atoms with Crippen LogP contribution < -0.4 is 4.90 Å². The first kappa shape index (κ1) is 17.8. The summed E-state index contributed by atoms with van der Waals surface area (Å²) in [6.45, 7) is 7.69. The van der Waals surface area contributed by atoms with Gasteiger partial charge in [-0.1, -0.05) is 18.2 Å². The van der Waals surface area contributed by atoms with Crippen LogP contribution in [-0.4, -0.2) is 30.1 Å². The maximum absolute atomic E-state index is 12.3. The highest BCUT2D eigenvalue weighted by Gasteiger charge is 2.20. The van der Waals surface area contributed by atoms with Crippen LogP contribution in [0.1, 0.15) is 41.6 Å². The molecule has 0 saturated heterocycles. The van der Waals surface area contributed by atoms with Crippen molar-refractivity contribution in [2.24, 2.45) is 0 Å². The van der Waals surface area contributed by atoms with Gasteiger partial charge in [-0.3, -0.25) is 4.79 Å². The summed E-state index contributed by atoms with van der Waals surface area (Å²) in [5.74, 6) is -0.739. The fraction of sp³-hybridized carbons (Fsp3) is 0.368. The first-order chi connectivity index (χ1) is 11.3. The van der Waals surface area contributed by atoms with Gasteiger partial charge in [0.1, 0.15) is 0 Å². The van der Waals surface area contributed by atoms with E-state index in [-0.39, 0.29) is 18.6 Å². The molecule has 24 heavy (non-hydrogen) atoms. The minimum Gasteiger partial charge on any atom is -0.452 e. The average Bonchev–Trinajstić information content (AvgIpc) is 2.87. The first-order valence-corrected chi connectivity index (χ1v) is 8.00. The summed E-state index contributed by atoms with van der Waals surface area (Å²) in [4.78, 5) is 26.0. The van der Waals surface area contributed by atoms with Gasteiger partial charge < -0.3 is 14.2 Å². The van der Waals surface area contributed by atoms with Crippen molar-refractivity contribution in [3.63, 3.8) is 0 Å². The molecule has 0 unspecified atom stereocenters. The molecule has 0 saturated carbocycles. The first-order valence-electron chi connectivity index (χ1n) is 8.00. The molecule has 0 fully saturated rings. The Hall–Kier alpha value is -2.56. The van der Waals surface area contributed by atoms with Crippen molar-refractivity contribution in [1.82, 2.24) is 4.57 Å². The van der Waals surface area contributed by atoms with Crippen LogP contribution in [0, 0.1) is 13.8 Å². The van der Waals surface area contributed by atoms with E-state index in [4.69, 9.17) is 4.74 Å². The molecule has 1 heterocycles. The van der Waals surface area contributed by atoms with Gasteiger partial charge in [0.05, 0.1) is 5.56 Å². The summed E-state index contributed by atoms with van der Waals surface area (Å²) in [6.07, 6.45) is 0. The van der Waals surface area contributed by atoms with Crippen molar-refractivity contribution in [3.05, 3.63) is 53.3 Å². The number of hydrogen-bond acceptors (Lipinski definition) is 3. The molecular weight excluding hydrogens is 304 g/mol. The van der Waals surface area contributed by atoms with E-state index >= 15 is 0 Å². The lowest BCUT2D eigenvalue weighted by molar-refractivity contribution is -0.121. The third kappa shape index (κ3) is 3.67. The zero-order valence-electron chi connectivity index (χ0n) is 14.9. The number of anilines is 1. The summed E-state index contributed by atoms with van der Waals surface area (Å²) in [6, 6.07) is 11.3. The number of esters is 1. The molecule has 0 bridgehead atoms. The zero-order valence-corrected chi connectivity index (χ0v) is 14.9. The molecule has 0 radical (unpaired) electrons. The fourth-order valence-electron chi connectivity index (χ4n) is 2.88. The molecule has 0 aliphatic carbocycles. The maximum Gasteiger partial charge on any atom is 0.340 e. The average molecular weight is 328 g/mol. The van der Waals surface area contributed by atoms with Gasteiger partial charge in [0.15, 0.2) is 6.61 Å². The number of benzene rings is 1. The largest absolute Gasteiger partial charge is 0.452 e. The highest BCUT2D eigenvalue weighted by Crippen LogP contribution is 2.21. The van der Waals surface area contributed by atoms with E-state index in [1.54, 1.807) is 7.05 Å². The molecule has 0 spiro atoms. The molecule has 0 aliphatic heterocycles. The molecule has 0 atom stereocenters. The molecule has 1 aromatic heterocycles. The Morgan fingerprint density at radius 3 is 2.33 bits per heavy atom. The van der Waals surface area contributed by atoms with Crippen molar-refractivity contribution in [2.75, 3.05) is 18.6 Å². The number of amides is 1. The van der Waals surface area contributed by atoms with E-state index in [1.165, 1.54) is 4.90 Å². The molecule has 5 nitrogen and oxygen atoms in total. The standard InChI is InChI=1S/C19H24N2O3/c1-13(2)21-14(3)11-17(15(21)4)19(23)24-12-18(22)20(5)16-9-7-6-8-10-16/h6-11,13H,12H2,1-5H3. The van der Waals surface area contributed by atoms with Gasteiger partial charge in [-0.25, -0.2) is 4.79 Å². The van der Waals surface area contributed by atoms with Gasteiger partial charge in [0.25, 0.3) is 5.91 Å². The SMILES string of the molecule is Cc1cc(C(=O)OCC(=O)N(C)c2ccccc2)c(C)n1C(C)C. The zero-order chi connectivity index (χ0) is 17.9. The van der Waals surface area contributed by atoms with Gasteiger partial charge in [-0.15, -0.1) is 0 Å². The number of nitrogens with zero attached hydrogens (tertiary/aromatic N) is 2. The molecule has 1 aromatic carbocycles. The quantitative estimate of drug-likeness (QED) is 0.789. The molecular formula is C19H24N2O3. The molecule has 0 N–H and O–H groups in total. The third-order valence-electron chi connectivity index (χ3n) is 4.06. The summed E-state index contributed by atoms with van der Waals surface area (Å²) in [7, 11) is 1.66. The van der Waals surface area contributed by atoms with Gasteiger partial charge in [0.2, 0.25) is 0 Å². The van der Waals surface area contributed by atoms with E-state index < -0.39 is 5.97 Å².